The van der Waals surface area contributed by atoms with Gasteiger partial charge in [-0.2, -0.15) is 4.99 Å². The highest BCUT2D eigenvalue weighted by molar-refractivity contribution is 6.35. The maximum atomic E-state index is 10.6. The number of rotatable bonds is 2. The number of H-pyrrole nitrogens is 1. The SMILES string of the molecule is O=C=NC1(c2cccc3[nH]cc(Cl)c23)CCC1. The molecular weight excluding hydrogens is 236 g/mol. The standard InChI is InChI=1S/C13H11ClN2O/c14-10-7-15-11-4-1-3-9(12(10)11)13(16-8-17)5-2-6-13/h1,3-4,7,15H,2,5-6H2. The average molecular weight is 247 g/mol. The number of carbonyl (C=O) groups excluding carboxylic acids is 1. The lowest BCUT2D eigenvalue weighted by Crippen LogP contribution is -2.32. The van der Waals surface area contributed by atoms with E-state index in [4.69, 9.17) is 11.6 Å². The zero-order valence-corrected chi connectivity index (χ0v) is 9.92. The van der Waals surface area contributed by atoms with Gasteiger partial charge in [-0.1, -0.05) is 23.7 Å². The molecule has 0 atom stereocenters. The van der Waals surface area contributed by atoms with Crippen LogP contribution >= 0.6 is 11.6 Å². The van der Waals surface area contributed by atoms with Gasteiger partial charge in [-0.15, -0.1) is 0 Å². The van der Waals surface area contributed by atoms with Gasteiger partial charge in [-0.3, -0.25) is 0 Å². The Balaban J connectivity index is 2.29. The number of nitrogens with one attached hydrogen (secondary N) is 1. The lowest BCUT2D eigenvalue weighted by atomic mass is 9.71. The van der Waals surface area contributed by atoms with E-state index in [1.54, 1.807) is 12.3 Å². The van der Waals surface area contributed by atoms with Crippen LogP contribution in [-0.4, -0.2) is 11.1 Å². The zero-order chi connectivity index (χ0) is 11.9. The Morgan fingerprint density at radius 3 is 2.88 bits per heavy atom. The van der Waals surface area contributed by atoms with Crippen molar-refractivity contribution in [3.05, 3.63) is 35.0 Å². The number of benzene rings is 1. The Morgan fingerprint density at radius 1 is 1.41 bits per heavy atom. The van der Waals surface area contributed by atoms with Crippen LogP contribution in [0, 0.1) is 0 Å². The highest BCUT2D eigenvalue weighted by atomic mass is 35.5. The van der Waals surface area contributed by atoms with Crippen molar-refractivity contribution in [3.8, 4) is 0 Å². The molecule has 0 aliphatic heterocycles. The number of nitrogens with zero attached hydrogens (tertiary/aromatic N) is 1. The summed E-state index contributed by atoms with van der Waals surface area (Å²) >= 11 is 6.19. The second-order valence-corrected chi connectivity index (χ2v) is 4.86. The maximum Gasteiger partial charge on any atom is 0.235 e. The molecule has 0 unspecified atom stereocenters. The minimum absolute atomic E-state index is 0.396. The minimum Gasteiger partial charge on any atom is -0.360 e. The summed E-state index contributed by atoms with van der Waals surface area (Å²) in [6.45, 7) is 0. The number of fused-ring (bicyclic) bond motifs is 1. The van der Waals surface area contributed by atoms with Gasteiger partial charge in [0.05, 0.1) is 10.6 Å². The van der Waals surface area contributed by atoms with Crippen molar-refractivity contribution in [2.75, 3.05) is 0 Å². The van der Waals surface area contributed by atoms with Gasteiger partial charge in [-0.25, -0.2) is 4.79 Å². The van der Waals surface area contributed by atoms with Gasteiger partial charge >= 0.3 is 0 Å². The van der Waals surface area contributed by atoms with Crippen molar-refractivity contribution < 1.29 is 4.79 Å². The lowest BCUT2D eigenvalue weighted by Gasteiger charge is -2.37. The summed E-state index contributed by atoms with van der Waals surface area (Å²) in [5.74, 6) is 0. The number of aromatic nitrogens is 1. The van der Waals surface area contributed by atoms with E-state index in [0.29, 0.717) is 5.02 Å². The molecule has 1 aliphatic rings. The predicted molar refractivity (Wildman–Crippen MR) is 67.0 cm³/mol. The minimum atomic E-state index is -0.396. The Bertz CT molecular complexity index is 621. The fourth-order valence-corrected chi connectivity index (χ4v) is 2.83. The second kappa shape index (κ2) is 3.73. The van der Waals surface area contributed by atoms with Gasteiger partial charge in [0, 0.05) is 17.1 Å². The first-order valence-corrected chi connectivity index (χ1v) is 6.00. The number of isocyanates is 1. The van der Waals surface area contributed by atoms with Crippen molar-refractivity contribution in [2.24, 2.45) is 4.99 Å². The third kappa shape index (κ3) is 1.43. The molecule has 1 aliphatic carbocycles. The first kappa shape index (κ1) is 10.6. The molecule has 0 saturated heterocycles. The van der Waals surface area contributed by atoms with Gasteiger partial charge < -0.3 is 4.98 Å². The largest absolute Gasteiger partial charge is 0.360 e. The van der Waals surface area contributed by atoms with Crippen LogP contribution in [0.4, 0.5) is 0 Å². The van der Waals surface area contributed by atoms with Gasteiger partial charge in [0.2, 0.25) is 6.08 Å². The number of hydrogen-bond donors (Lipinski definition) is 1. The molecule has 17 heavy (non-hydrogen) atoms. The molecule has 0 spiro atoms. The number of aliphatic imine (C=N–C) groups is 1. The monoisotopic (exact) mass is 246 g/mol. The zero-order valence-electron chi connectivity index (χ0n) is 9.16. The van der Waals surface area contributed by atoms with E-state index in [1.807, 2.05) is 18.2 Å². The molecule has 1 fully saturated rings. The number of halogens is 1. The fraction of sp³-hybridized carbons (Fsp3) is 0.308. The topological polar surface area (TPSA) is 45.2 Å². The smallest absolute Gasteiger partial charge is 0.235 e. The van der Waals surface area contributed by atoms with E-state index >= 15 is 0 Å². The molecule has 1 aromatic carbocycles. The third-order valence-electron chi connectivity index (χ3n) is 3.60. The van der Waals surface area contributed by atoms with Crippen LogP contribution in [0.15, 0.2) is 29.4 Å². The number of hydrogen-bond acceptors (Lipinski definition) is 2. The molecule has 1 aromatic heterocycles. The normalized spacial score (nSPS) is 17.5. The highest BCUT2D eigenvalue weighted by Crippen LogP contribution is 2.48. The Kier molecular flexibility index (Phi) is 2.32. The number of aromatic amines is 1. The highest BCUT2D eigenvalue weighted by Gasteiger charge is 2.40. The molecule has 0 amide bonds. The second-order valence-electron chi connectivity index (χ2n) is 4.45. The maximum absolute atomic E-state index is 10.6. The Hall–Kier alpha value is -1.57. The first-order chi connectivity index (χ1) is 8.27. The molecule has 3 rings (SSSR count). The summed E-state index contributed by atoms with van der Waals surface area (Å²) in [7, 11) is 0. The van der Waals surface area contributed by atoms with E-state index in [9.17, 15) is 4.79 Å². The fourth-order valence-electron chi connectivity index (χ4n) is 2.57. The first-order valence-electron chi connectivity index (χ1n) is 5.62. The molecule has 1 heterocycles. The molecule has 1 N–H and O–H groups in total. The van der Waals surface area contributed by atoms with Crippen LogP contribution in [0.1, 0.15) is 24.8 Å². The van der Waals surface area contributed by atoms with Gasteiger partial charge in [-0.05, 0) is 30.9 Å². The quantitative estimate of drug-likeness (QED) is 0.639. The van der Waals surface area contributed by atoms with Crippen LogP contribution in [0.5, 0.6) is 0 Å². The predicted octanol–water partition coefficient (Wildman–Crippen LogP) is 3.54. The van der Waals surface area contributed by atoms with E-state index in [0.717, 1.165) is 35.7 Å². The summed E-state index contributed by atoms with van der Waals surface area (Å²) in [4.78, 5) is 17.8. The molecule has 1 saturated carbocycles. The van der Waals surface area contributed by atoms with Crippen LogP contribution in [-0.2, 0) is 10.3 Å². The van der Waals surface area contributed by atoms with E-state index in [1.165, 1.54) is 0 Å². The van der Waals surface area contributed by atoms with Gasteiger partial charge in [0.1, 0.15) is 0 Å². The van der Waals surface area contributed by atoms with Crippen LogP contribution < -0.4 is 0 Å². The summed E-state index contributed by atoms with van der Waals surface area (Å²) in [5.41, 5.74) is 1.63. The molecule has 3 nitrogen and oxygen atoms in total. The summed E-state index contributed by atoms with van der Waals surface area (Å²) in [6.07, 6.45) is 6.35. The van der Waals surface area contributed by atoms with Crippen LogP contribution in [0.2, 0.25) is 5.02 Å². The van der Waals surface area contributed by atoms with Crippen molar-refractivity contribution in [3.63, 3.8) is 0 Å². The molecule has 0 radical (unpaired) electrons. The van der Waals surface area contributed by atoms with Crippen LogP contribution in [0.25, 0.3) is 10.9 Å². The average Bonchev–Trinajstić information content (AvgIpc) is 2.66. The Morgan fingerprint density at radius 2 is 2.24 bits per heavy atom. The van der Waals surface area contributed by atoms with E-state index in [2.05, 4.69) is 9.98 Å². The molecule has 86 valence electrons. The van der Waals surface area contributed by atoms with Crippen molar-refractivity contribution >= 4 is 28.6 Å². The summed E-state index contributed by atoms with van der Waals surface area (Å²) < 4.78 is 0. The summed E-state index contributed by atoms with van der Waals surface area (Å²) in [5, 5.41) is 1.66. The summed E-state index contributed by atoms with van der Waals surface area (Å²) in [6, 6.07) is 5.94. The third-order valence-corrected chi connectivity index (χ3v) is 3.90. The van der Waals surface area contributed by atoms with Gasteiger partial charge in [0.15, 0.2) is 0 Å². The van der Waals surface area contributed by atoms with Gasteiger partial charge in [0.25, 0.3) is 0 Å². The molecule has 2 aromatic rings. The Labute approximate surface area is 104 Å². The van der Waals surface area contributed by atoms with E-state index < -0.39 is 5.54 Å². The van der Waals surface area contributed by atoms with E-state index in [-0.39, 0.29) is 0 Å². The molecular formula is C13H11ClN2O. The van der Waals surface area contributed by atoms with Crippen molar-refractivity contribution in [1.82, 2.24) is 4.98 Å². The van der Waals surface area contributed by atoms with Crippen LogP contribution in [0.3, 0.4) is 0 Å². The molecule has 4 heteroatoms. The van der Waals surface area contributed by atoms with Crippen molar-refractivity contribution in [2.45, 2.75) is 24.8 Å². The molecule has 0 bridgehead atoms. The lowest BCUT2D eigenvalue weighted by molar-refractivity contribution is 0.258. The van der Waals surface area contributed by atoms with Crippen molar-refractivity contribution in [1.29, 1.82) is 0 Å².